The molecule has 1 heterocycles. The third-order valence-corrected chi connectivity index (χ3v) is 2.71. The highest BCUT2D eigenvalue weighted by Gasteiger charge is 2.01. The van der Waals surface area contributed by atoms with Gasteiger partial charge >= 0.3 is 0 Å². The maximum Gasteiger partial charge on any atom is 0.0603 e. The molecule has 0 aliphatic carbocycles. The van der Waals surface area contributed by atoms with Gasteiger partial charge in [-0.25, -0.2) is 0 Å². The van der Waals surface area contributed by atoms with Crippen molar-refractivity contribution in [2.75, 3.05) is 17.6 Å². The van der Waals surface area contributed by atoms with Crippen LogP contribution in [0.3, 0.4) is 0 Å². The number of hydrogen-bond donors (Lipinski definition) is 2. The number of pyridine rings is 1. The van der Waals surface area contributed by atoms with Gasteiger partial charge in [0.2, 0.25) is 0 Å². The molecule has 1 aromatic carbocycles. The Bertz CT molecular complexity index is 460. The molecular formula is C14H17N3. The van der Waals surface area contributed by atoms with Crippen molar-refractivity contribution in [1.29, 1.82) is 0 Å². The molecule has 0 atom stereocenters. The Morgan fingerprint density at radius 2 is 2.06 bits per heavy atom. The van der Waals surface area contributed by atoms with E-state index in [2.05, 4.69) is 23.3 Å². The van der Waals surface area contributed by atoms with E-state index in [0.29, 0.717) is 0 Å². The molecule has 3 heteroatoms. The summed E-state index contributed by atoms with van der Waals surface area (Å²) < 4.78 is 0. The highest BCUT2D eigenvalue weighted by molar-refractivity contribution is 5.69. The molecule has 1 aromatic heterocycles. The number of nitrogens with one attached hydrogen (secondary N) is 1. The lowest BCUT2D eigenvalue weighted by Gasteiger charge is -2.11. The highest BCUT2D eigenvalue weighted by Crippen LogP contribution is 2.22. The van der Waals surface area contributed by atoms with Gasteiger partial charge in [-0.05, 0) is 30.7 Å². The lowest BCUT2D eigenvalue weighted by molar-refractivity contribution is 0.960. The maximum atomic E-state index is 5.92. The summed E-state index contributed by atoms with van der Waals surface area (Å²) in [4.78, 5) is 4.28. The Morgan fingerprint density at radius 3 is 2.76 bits per heavy atom. The second-order valence-corrected chi connectivity index (χ2v) is 4.04. The van der Waals surface area contributed by atoms with Crippen LogP contribution in [-0.2, 0) is 6.42 Å². The summed E-state index contributed by atoms with van der Waals surface area (Å²) in [6.45, 7) is 2.89. The molecule has 3 N–H and O–H groups in total. The van der Waals surface area contributed by atoms with Crippen molar-refractivity contribution in [3.05, 3.63) is 53.9 Å². The average molecular weight is 227 g/mol. The van der Waals surface area contributed by atoms with Gasteiger partial charge in [0.25, 0.3) is 0 Å². The lowest BCUT2D eigenvalue weighted by atomic mass is 10.1. The molecule has 0 amide bonds. The van der Waals surface area contributed by atoms with Crippen LogP contribution in [0.2, 0.25) is 0 Å². The van der Waals surface area contributed by atoms with Gasteiger partial charge in [-0.1, -0.05) is 18.2 Å². The highest BCUT2D eigenvalue weighted by atomic mass is 14.9. The van der Waals surface area contributed by atoms with Crippen molar-refractivity contribution >= 4 is 11.4 Å². The number of benzene rings is 1. The van der Waals surface area contributed by atoms with Crippen molar-refractivity contribution in [2.45, 2.75) is 13.3 Å². The molecule has 0 aliphatic heterocycles. The van der Waals surface area contributed by atoms with E-state index in [1.165, 1.54) is 5.56 Å². The van der Waals surface area contributed by atoms with E-state index >= 15 is 0 Å². The lowest BCUT2D eigenvalue weighted by Crippen LogP contribution is -2.08. The molecule has 17 heavy (non-hydrogen) atoms. The van der Waals surface area contributed by atoms with Gasteiger partial charge in [0, 0.05) is 24.9 Å². The third kappa shape index (κ3) is 2.97. The maximum absolute atomic E-state index is 5.92. The van der Waals surface area contributed by atoms with Crippen LogP contribution in [0.5, 0.6) is 0 Å². The number of para-hydroxylation sites is 1. The van der Waals surface area contributed by atoms with Gasteiger partial charge in [-0.2, -0.15) is 0 Å². The second kappa shape index (κ2) is 5.34. The predicted molar refractivity (Wildman–Crippen MR) is 72.0 cm³/mol. The molecule has 2 aromatic rings. The fraction of sp³-hybridized carbons (Fsp3) is 0.214. The van der Waals surface area contributed by atoms with Crippen LogP contribution < -0.4 is 11.1 Å². The summed E-state index contributed by atoms with van der Waals surface area (Å²) in [7, 11) is 0. The molecule has 2 rings (SSSR count). The predicted octanol–water partition coefficient (Wildman–Crippen LogP) is 2.63. The van der Waals surface area contributed by atoms with Crippen molar-refractivity contribution in [1.82, 2.24) is 4.98 Å². The van der Waals surface area contributed by atoms with E-state index < -0.39 is 0 Å². The van der Waals surface area contributed by atoms with Crippen LogP contribution in [-0.4, -0.2) is 11.5 Å². The minimum Gasteiger partial charge on any atom is -0.397 e. The Labute approximate surface area is 102 Å². The summed E-state index contributed by atoms with van der Waals surface area (Å²) in [6, 6.07) is 11.9. The summed E-state index contributed by atoms with van der Waals surface area (Å²) in [5.41, 5.74) is 10.0. The molecule has 0 saturated heterocycles. The topological polar surface area (TPSA) is 50.9 Å². The van der Waals surface area contributed by atoms with Crippen molar-refractivity contribution in [3.8, 4) is 0 Å². The smallest absolute Gasteiger partial charge is 0.0603 e. The molecule has 0 saturated carbocycles. The van der Waals surface area contributed by atoms with E-state index in [9.17, 15) is 0 Å². The summed E-state index contributed by atoms with van der Waals surface area (Å²) in [6.07, 6.45) is 2.71. The van der Waals surface area contributed by atoms with E-state index in [-0.39, 0.29) is 0 Å². The molecular weight excluding hydrogens is 210 g/mol. The molecule has 0 fully saturated rings. The van der Waals surface area contributed by atoms with Crippen molar-refractivity contribution in [3.63, 3.8) is 0 Å². The molecule has 0 radical (unpaired) electrons. The van der Waals surface area contributed by atoms with Crippen LogP contribution in [0.1, 0.15) is 11.3 Å². The van der Waals surface area contributed by atoms with Crippen LogP contribution in [0.15, 0.2) is 42.6 Å². The number of hydrogen-bond acceptors (Lipinski definition) is 3. The average Bonchev–Trinajstić information content (AvgIpc) is 2.34. The summed E-state index contributed by atoms with van der Waals surface area (Å²) >= 11 is 0. The Morgan fingerprint density at radius 1 is 1.18 bits per heavy atom. The number of anilines is 2. The zero-order chi connectivity index (χ0) is 12.1. The van der Waals surface area contributed by atoms with Crippen LogP contribution >= 0.6 is 0 Å². The minimum absolute atomic E-state index is 0.797. The number of nitrogen functional groups attached to an aromatic ring is 1. The van der Waals surface area contributed by atoms with E-state index in [0.717, 1.165) is 30.0 Å². The first kappa shape index (κ1) is 11.5. The standard InChI is InChI=1S/C14H17N3/c1-11-5-4-7-13(15)14(11)17-10-8-12-6-2-3-9-16-12/h2-7,9,17H,8,10,15H2,1H3. The second-order valence-electron chi connectivity index (χ2n) is 4.04. The molecule has 0 bridgehead atoms. The SMILES string of the molecule is Cc1cccc(N)c1NCCc1ccccn1. The summed E-state index contributed by atoms with van der Waals surface area (Å²) in [5.74, 6) is 0. The van der Waals surface area contributed by atoms with Crippen molar-refractivity contribution in [2.24, 2.45) is 0 Å². The van der Waals surface area contributed by atoms with E-state index in [1.807, 2.05) is 36.5 Å². The van der Waals surface area contributed by atoms with Gasteiger partial charge < -0.3 is 11.1 Å². The Hall–Kier alpha value is -2.03. The van der Waals surface area contributed by atoms with Gasteiger partial charge in [0.1, 0.15) is 0 Å². The zero-order valence-corrected chi connectivity index (χ0v) is 9.98. The number of rotatable bonds is 4. The Balaban J connectivity index is 1.95. The van der Waals surface area contributed by atoms with Gasteiger partial charge in [-0.3, -0.25) is 4.98 Å². The molecule has 0 aliphatic rings. The van der Waals surface area contributed by atoms with Gasteiger partial charge in [-0.15, -0.1) is 0 Å². The quantitative estimate of drug-likeness (QED) is 0.789. The number of nitrogens with zero attached hydrogens (tertiary/aromatic N) is 1. The van der Waals surface area contributed by atoms with E-state index in [4.69, 9.17) is 5.73 Å². The largest absolute Gasteiger partial charge is 0.397 e. The number of nitrogens with two attached hydrogens (primary N) is 1. The zero-order valence-electron chi connectivity index (χ0n) is 9.98. The van der Waals surface area contributed by atoms with E-state index in [1.54, 1.807) is 0 Å². The molecule has 88 valence electrons. The third-order valence-electron chi connectivity index (χ3n) is 2.71. The van der Waals surface area contributed by atoms with Crippen LogP contribution in [0, 0.1) is 6.92 Å². The number of aryl methyl sites for hydroxylation is 1. The van der Waals surface area contributed by atoms with Gasteiger partial charge in [0.05, 0.1) is 11.4 Å². The summed E-state index contributed by atoms with van der Waals surface area (Å²) in [5, 5.41) is 3.36. The molecule has 3 nitrogen and oxygen atoms in total. The fourth-order valence-corrected chi connectivity index (χ4v) is 1.79. The first-order valence-electron chi connectivity index (χ1n) is 5.76. The first-order chi connectivity index (χ1) is 8.27. The van der Waals surface area contributed by atoms with Crippen LogP contribution in [0.25, 0.3) is 0 Å². The van der Waals surface area contributed by atoms with Crippen molar-refractivity contribution < 1.29 is 0 Å². The van der Waals surface area contributed by atoms with Crippen LogP contribution in [0.4, 0.5) is 11.4 Å². The molecule has 0 unspecified atom stereocenters. The normalized spacial score (nSPS) is 10.2. The Kier molecular flexibility index (Phi) is 3.60. The van der Waals surface area contributed by atoms with Gasteiger partial charge in [0.15, 0.2) is 0 Å². The minimum atomic E-state index is 0.797. The first-order valence-corrected chi connectivity index (χ1v) is 5.76. The fourth-order valence-electron chi connectivity index (χ4n) is 1.79. The monoisotopic (exact) mass is 227 g/mol. The number of aromatic nitrogens is 1. The molecule has 0 spiro atoms.